The van der Waals surface area contributed by atoms with E-state index in [1.54, 1.807) is 39.0 Å². The van der Waals surface area contributed by atoms with Crippen molar-refractivity contribution in [2.45, 2.75) is 58.7 Å². The number of benzene rings is 1. The molecule has 6 nitrogen and oxygen atoms in total. The van der Waals surface area contributed by atoms with Crippen LogP contribution in [0.25, 0.3) is 0 Å². The SMILES string of the molecule is CCC(C)NC(=O)C(NC(=O)OC(C)(C)C)c1ccccc1O. The highest BCUT2D eigenvalue weighted by atomic mass is 16.6. The minimum Gasteiger partial charge on any atom is -0.508 e. The van der Waals surface area contributed by atoms with Crippen molar-refractivity contribution in [3.63, 3.8) is 0 Å². The first-order valence-corrected chi connectivity index (χ1v) is 7.71. The number of phenolic OH excluding ortho intramolecular Hbond substituents is 1. The van der Waals surface area contributed by atoms with Gasteiger partial charge in [-0.1, -0.05) is 25.1 Å². The van der Waals surface area contributed by atoms with Crippen LogP contribution in [0.1, 0.15) is 52.6 Å². The summed E-state index contributed by atoms with van der Waals surface area (Å²) >= 11 is 0. The first-order chi connectivity index (χ1) is 10.6. The van der Waals surface area contributed by atoms with Gasteiger partial charge in [-0.05, 0) is 40.2 Å². The molecular formula is C17H26N2O4. The molecule has 0 saturated heterocycles. The minimum absolute atomic E-state index is 0.0451. The second-order valence-corrected chi connectivity index (χ2v) is 6.46. The Bertz CT molecular complexity index is 552. The third kappa shape index (κ3) is 6.18. The van der Waals surface area contributed by atoms with Crippen LogP contribution in [0.15, 0.2) is 24.3 Å². The molecule has 128 valence electrons. The molecule has 6 heteroatoms. The smallest absolute Gasteiger partial charge is 0.408 e. The lowest BCUT2D eigenvalue weighted by atomic mass is 10.0. The number of amides is 2. The predicted molar refractivity (Wildman–Crippen MR) is 88.1 cm³/mol. The Hall–Kier alpha value is -2.24. The van der Waals surface area contributed by atoms with Crippen LogP contribution in [-0.4, -0.2) is 28.7 Å². The van der Waals surface area contributed by atoms with Gasteiger partial charge in [-0.2, -0.15) is 0 Å². The van der Waals surface area contributed by atoms with Gasteiger partial charge in [0.05, 0.1) is 0 Å². The van der Waals surface area contributed by atoms with Crippen LogP contribution in [0.4, 0.5) is 4.79 Å². The van der Waals surface area contributed by atoms with E-state index in [-0.39, 0.29) is 11.8 Å². The van der Waals surface area contributed by atoms with E-state index < -0.39 is 23.6 Å². The van der Waals surface area contributed by atoms with Gasteiger partial charge in [0.1, 0.15) is 17.4 Å². The van der Waals surface area contributed by atoms with E-state index >= 15 is 0 Å². The highest BCUT2D eigenvalue weighted by Crippen LogP contribution is 2.24. The molecule has 1 aromatic rings. The van der Waals surface area contributed by atoms with Crippen molar-refractivity contribution < 1.29 is 19.4 Å². The lowest BCUT2D eigenvalue weighted by Gasteiger charge is -2.25. The summed E-state index contributed by atoms with van der Waals surface area (Å²) in [5.74, 6) is -0.459. The summed E-state index contributed by atoms with van der Waals surface area (Å²) in [5, 5.41) is 15.3. The van der Waals surface area contributed by atoms with Gasteiger partial charge in [-0.3, -0.25) is 4.79 Å². The average Bonchev–Trinajstić information content (AvgIpc) is 2.43. The second kappa shape index (κ2) is 7.85. The van der Waals surface area contributed by atoms with Crippen LogP contribution >= 0.6 is 0 Å². The normalized spacial score (nSPS) is 13.8. The number of ether oxygens (including phenoxy) is 1. The van der Waals surface area contributed by atoms with E-state index in [2.05, 4.69) is 10.6 Å². The Kier molecular flexibility index (Phi) is 6.42. The first-order valence-electron chi connectivity index (χ1n) is 7.71. The van der Waals surface area contributed by atoms with E-state index in [1.165, 1.54) is 6.07 Å². The van der Waals surface area contributed by atoms with Crippen molar-refractivity contribution in [3.8, 4) is 5.75 Å². The lowest BCUT2D eigenvalue weighted by Crippen LogP contribution is -2.44. The number of carbonyl (C=O) groups is 2. The van der Waals surface area contributed by atoms with E-state index in [4.69, 9.17) is 4.74 Å². The molecule has 0 aliphatic rings. The van der Waals surface area contributed by atoms with Crippen LogP contribution in [0.5, 0.6) is 5.75 Å². The molecule has 1 aromatic carbocycles. The summed E-state index contributed by atoms with van der Waals surface area (Å²) in [7, 11) is 0. The number of rotatable bonds is 5. The summed E-state index contributed by atoms with van der Waals surface area (Å²) in [6, 6.07) is 5.32. The molecule has 2 atom stereocenters. The summed E-state index contributed by atoms with van der Waals surface area (Å²) < 4.78 is 5.20. The van der Waals surface area contributed by atoms with E-state index in [1.807, 2.05) is 13.8 Å². The van der Waals surface area contributed by atoms with Gasteiger partial charge in [0.15, 0.2) is 0 Å². The first kappa shape index (κ1) is 18.8. The van der Waals surface area contributed by atoms with Crippen molar-refractivity contribution in [1.82, 2.24) is 10.6 Å². The molecule has 23 heavy (non-hydrogen) atoms. The number of nitrogens with one attached hydrogen (secondary N) is 2. The number of carbonyl (C=O) groups excluding carboxylic acids is 2. The number of alkyl carbamates (subject to hydrolysis) is 1. The molecule has 0 aromatic heterocycles. The lowest BCUT2D eigenvalue weighted by molar-refractivity contribution is -0.124. The molecular weight excluding hydrogens is 296 g/mol. The topological polar surface area (TPSA) is 87.7 Å². The van der Waals surface area contributed by atoms with Gasteiger partial charge >= 0.3 is 6.09 Å². The Morgan fingerprint density at radius 2 is 1.83 bits per heavy atom. The van der Waals surface area contributed by atoms with Crippen LogP contribution < -0.4 is 10.6 Å². The zero-order chi connectivity index (χ0) is 17.6. The minimum atomic E-state index is -1.03. The maximum Gasteiger partial charge on any atom is 0.408 e. The molecule has 0 heterocycles. The summed E-state index contributed by atoms with van der Waals surface area (Å²) in [5.41, 5.74) is -0.361. The molecule has 2 amide bonds. The third-order valence-electron chi connectivity index (χ3n) is 3.17. The standard InChI is InChI=1S/C17H26N2O4/c1-6-11(2)18-15(21)14(12-9-7-8-10-13(12)20)19-16(22)23-17(3,4)5/h7-11,14,20H,6H2,1-5H3,(H,18,21)(H,19,22). The van der Waals surface area contributed by atoms with Crippen LogP contribution in [0.3, 0.4) is 0 Å². The summed E-state index contributed by atoms with van der Waals surface area (Å²) in [4.78, 5) is 24.5. The molecule has 3 N–H and O–H groups in total. The molecule has 0 fully saturated rings. The average molecular weight is 322 g/mol. The van der Waals surface area contributed by atoms with Crippen LogP contribution in [0.2, 0.25) is 0 Å². The van der Waals surface area contributed by atoms with Crippen LogP contribution in [0, 0.1) is 0 Å². The third-order valence-corrected chi connectivity index (χ3v) is 3.17. The number of hydrogen-bond donors (Lipinski definition) is 3. The van der Waals surface area contributed by atoms with Crippen molar-refractivity contribution in [3.05, 3.63) is 29.8 Å². The van der Waals surface area contributed by atoms with E-state index in [9.17, 15) is 14.7 Å². The number of phenols is 1. The number of aromatic hydroxyl groups is 1. The van der Waals surface area contributed by atoms with Gasteiger partial charge in [-0.25, -0.2) is 4.79 Å². The molecule has 0 aliphatic carbocycles. The molecule has 0 bridgehead atoms. The maximum atomic E-state index is 12.5. The highest BCUT2D eigenvalue weighted by molar-refractivity contribution is 5.87. The molecule has 0 aliphatic heterocycles. The molecule has 1 rings (SSSR count). The monoisotopic (exact) mass is 322 g/mol. The summed E-state index contributed by atoms with van der Waals surface area (Å²) in [6.45, 7) is 9.02. The van der Waals surface area contributed by atoms with Gasteiger partial charge in [0, 0.05) is 11.6 Å². The fourth-order valence-corrected chi connectivity index (χ4v) is 1.87. The van der Waals surface area contributed by atoms with E-state index in [0.29, 0.717) is 5.56 Å². The molecule has 0 radical (unpaired) electrons. The maximum absolute atomic E-state index is 12.5. The predicted octanol–water partition coefficient (Wildman–Crippen LogP) is 2.87. The zero-order valence-corrected chi connectivity index (χ0v) is 14.3. The fourth-order valence-electron chi connectivity index (χ4n) is 1.87. The van der Waals surface area contributed by atoms with Crippen molar-refractivity contribution in [1.29, 1.82) is 0 Å². The van der Waals surface area contributed by atoms with E-state index in [0.717, 1.165) is 6.42 Å². The van der Waals surface area contributed by atoms with Gasteiger partial charge in [-0.15, -0.1) is 0 Å². The fraction of sp³-hybridized carbons (Fsp3) is 0.529. The quantitative estimate of drug-likeness (QED) is 0.778. The van der Waals surface area contributed by atoms with Crippen LogP contribution in [-0.2, 0) is 9.53 Å². The van der Waals surface area contributed by atoms with Crippen molar-refractivity contribution in [2.75, 3.05) is 0 Å². The van der Waals surface area contributed by atoms with Gasteiger partial charge < -0.3 is 20.5 Å². The largest absolute Gasteiger partial charge is 0.508 e. The Labute approximate surface area is 137 Å². The Balaban J connectivity index is 3.00. The zero-order valence-electron chi connectivity index (χ0n) is 14.3. The van der Waals surface area contributed by atoms with Crippen molar-refractivity contribution in [2.24, 2.45) is 0 Å². The molecule has 0 saturated carbocycles. The molecule has 0 spiro atoms. The number of hydrogen-bond acceptors (Lipinski definition) is 4. The summed E-state index contributed by atoms with van der Waals surface area (Å²) in [6.07, 6.45) is 0.0381. The van der Waals surface area contributed by atoms with Gasteiger partial charge in [0.2, 0.25) is 5.91 Å². The van der Waals surface area contributed by atoms with Gasteiger partial charge in [0.25, 0.3) is 0 Å². The Morgan fingerprint density at radius 3 is 2.35 bits per heavy atom. The van der Waals surface area contributed by atoms with Crippen molar-refractivity contribution >= 4 is 12.0 Å². The highest BCUT2D eigenvalue weighted by Gasteiger charge is 2.28. The molecule has 2 unspecified atom stereocenters. The Morgan fingerprint density at radius 1 is 1.22 bits per heavy atom. The number of para-hydroxylation sites is 1. The second-order valence-electron chi connectivity index (χ2n) is 6.46.